The van der Waals surface area contributed by atoms with Gasteiger partial charge in [-0.3, -0.25) is 4.98 Å². The predicted molar refractivity (Wildman–Crippen MR) is 163 cm³/mol. The van der Waals surface area contributed by atoms with Gasteiger partial charge in [-0.2, -0.15) is 9.19 Å². The van der Waals surface area contributed by atoms with Crippen LogP contribution in [0, 0.1) is 0 Å². The maximum atomic E-state index is 13.9. The van der Waals surface area contributed by atoms with Crippen LogP contribution in [0.4, 0.5) is 10.1 Å². The minimum absolute atomic E-state index is 0.0897. The number of hydrogen-bond donors (Lipinski definition) is 3. The lowest BCUT2D eigenvalue weighted by atomic mass is 9.91. The molecule has 0 amide bonds. The summed E-state index contributed by atoms with van der Waals surface area (Å²) < 4.78 is 45.7. The normalized spacial score (nSPS) is 26.0. The van der Waals surface area contributed by atoms with E-state index in [0.29, 0.717) is 68.8 Å². The molecule has 1 unspecified atom stereocenters. The van der Waals surface area contributed by atoms with Crippen LogP contribution in [0.25, 0.3) is 17.0 Å². The third kappa shape index (κ3) is 5.81. The third-order valence-electron chi connectivity index (χ3n) is 8.64. The summed E-state index contributed by atoms with van der Waals surface area (Å²) in [4.78, 5) is 16.1. The Morgan fingerprint density at radius 1 is 1.05 bits per heavy atom. The fourth-order valence-electron chi connectivity index (χ4n) is 5.87. The number of rotatable bonds is 8. The third-order valence-corrected chi connectivity index (χ3v) is 10.7. The first kappa shape index (κ1) is 28.9. The Hall–Kier alpha value is -3.88. The van der Waals surface area contributed by atoms with Crippen LogP contribution in [-0.4, -0.2) is 76.3 Å². The van der Waals surface area contributed by atoms with Crippen molar-refractivity contribution in [2.24, 2.45) is 5.73 Å². The van der Waals surface area contributed by atoms with Crippen molar-refractivity contribution in [3.05, 3.63) is 72.3 Å². The fourth-order valence-corrected chi connectivity index (χ4v) is 7.35. The van der Waals surface area contributed by atoms with Crippen molar-refractivity contribution in [1.29, 1.82) is 0 Å². The molecule has 2 saturated carbocycles. The number of morpholine rings is 1. The maximum Gasteiger partial charge on any atom is 0.256 e. The second kappa shape index (κ2) is 11.6. The van der Waals surface area contributed by atoms with E-state index in [9.17, 15) is 12.8 Å². The molecule has 0 spiro atoms. The molecule has 3 aromatic rings. The van der Waals surface area contributed by atoms with Gasteiger partial charge in [0.05, 0.1) is 59.7 Å². The van der Waals surface area contributed by atoms with Crippen molar-refractivity contribution in [1.82, 2.24) is 34.8 Å². The topological polar surface area (TPSA) is 153 Å². The van der Waals surface area contributed by atoms with Crippen LogP contribution in [0.5, 0.6) is 0 Å². The number of anilines is 1. The van der Waals surface area contributed by atoms with E-state index in [2.05, 4.69) is 31.7 Å². The molecule has 3 aromatic heterocycles. The van der Waals surface area contributed by atoms with E-state index in [-0.39, 0.29) is 11.3 Å². The van der Waals surface area contributed by atoms with Crippen molar-refractivity contribution >= 4 is 21.3 Å². The van der Waals surface area contributed by atoms with Crippen LogP contribution in [-0.2, 0) is 20.4 Å². The predicted octanol–water partition coefficient (Wildman–Crippen LogP) is 2.42. The molecule has 3 fully saturated rings. The van der Waals surface area contributed by atoms with Crippen molar-refractivity contribution in [3.8, 4) is 11.4 Å². The number of allylic oxidation sites excluding steroid dienone is 1. The lowest BCUT2D eigenvalue weighted by molar-refractivity contribution is 0.122. The van der Waals surface area contributed by atoms with Crippen molar-refractivity contribution in [3.63, 3.8) is 0 Å². The lowest BCUT2D eigenvalue weighted by Gasteiger charge is -2.35. The summed E-state index contributed by atoms with van der Waals surface area (Å²) in [5.41, 5.74) is 10.1. The van der Waals surface area contributed by atoms with Gasteiger partial charge in [0.15, 0.2) is 11.5 Å². The molecule has 0 radical (unpaired) electrons. The number of alkyl halides is 1. The molecule has 4 aliphatic rings. The fraction of sp³-hybridized carbons (Fsp3) is 0.467. The molecule has 1 atom stereocenters. The van der Waals surface area contributed by atoms with Crippen LogP contribution < -0.4 is 21.3 Å². The first-order valence-corrected chi connectivity index (χ1v) is 16.6. The summed E-state index contributed by atoms with van der Waals surface area (Å²) in [5.74, 6) is 0.311. The molecule has 0 aromatic carbocycles. The summed E-state index contributed by atoms with van der Waals surface area (Å²) in [5, 5.41) is 10.6. The zero-order valence-electron chi connectivity index (χ0n) is 24.3. The van der Waals surface area contributed by atoms with Gasteiger partial charge in [0.25, 0.3) is 10.0 Å². The molecule has 44 heavy (non-hydrogen) atoms. The highest BCUT2D eigenvalue weighted by atomic mass is 32.2. The minimum atomic E-state index is -3.51. The van der Waals surface area contributed by atoms with Gasteiger partial charge in [-0.25, -0.2) is 22.8 Å². The summed E-state index contributed by atoms with van der Waals surface area (Å²) in [6.45, 7) is 3.03. The van der Waals surface area contributed by atoms with E-state index < -0.39 is 21.9 Å². The molecule has 2 aliphatic heterocycles. The highest BCUT2D eigenvalue weighted by Crippen LogP contribution is 2.33. The molecule has 5 heterocycles. The van der Waals surface area contributed by atoms with Gasteiger partial charge in [-0.05, 0) is 62.8 Å². The van der Waals surface area contributed by atoms with E-state index in [1.54, 1.807) is 12.3 Å². The smallest absolute Gasteiger partial charge is 0.256 e. The number of nitrogens with one attached hydrogen (secondary N) is 2. The SMILES string of the molecule is NC1(c2ccnc(-c3cnn(S(=O)(=O)C4CC4)c3)n2)C=C(NC2CCC(F)CC2)C(c2ccc(N3CCOCC3)cn2)=CN1. The Labute approximate surface area is 255 Å². The summed E-state index contributed by atoms with van der Waals surface area (Å²) >= 11 is 0. The summed E-state index contributed by atoms with van der Waals surface area (Å²) in [6.07, 6.45) is 13.1. The van der Waals surface area contributed by atoms with Gasteiger partial charge in [0, 0.05) is 42.8 Å². The molecule has 232 valence electrons. The number of hydrogen-bond acceptors (Lipinski definition) is 11. The molecule has 0 bridgehead atoms. The number of nitrogens with two attached hydrogens (primary N) is 1. The summed E-state index contributed by atoms with van der Waals surface area (Å²) in [7, 11) is -3.51. The Balaban J connectivity index is 1.18. The van der Waals surface area contributed by atoms with Crippen molar-refractivity contribution in [2.45, 2.75) is 61.7 Å². The van der Waals surface area contributed by atoms with Crippen molar-refractivity contribution in [2.75, 3.05) is 31.2 Å². The van der Waals surface area contributed by atoms with Gasteiger partial charge < -0.3 is 26.0 Å². The second-order valence-corrected chi connectivity index (χ2v) is 13.9. The Morgan fingerprint density at radius 3 is 2.57 bits per heavy atom. The molecule has 2 aliphatic carbocycles. The number of ether oxygens (including phenoxy) is 1. The van der Waals surface area contributed by atoms with Gasteiger partial charge in [-0.15, -0.1) is 0 Å². The van der Waals surface area contributed by atoms with E-state index in [1.807, 2.05) is 24.5 Å². The van der Waals surface area contributed by atoms with E-state index in [4.69, 9.17) is 20.4 Å². The highest BCUT2D eigenvalue weighted by molar-refractivity contribution is 7.90. The summed E-state index contributed by atoms with van der Waals surface area (Å²) in [6, 6.07) is 5.86. The zero-order chi connectivity index (χ0) is 30.3. The number of halogens is 1. The van der Waals surface area contributed by atoms with Gasteiger partial charge in [0.2, 0.25) is 0 Å². The van der Waals surface area contributed by atoms with Gasteiger partial charge in [0.1, 0.15) is 6.17 Å². The van der Waals surface area contributed by atoms with E-state index in [0.717, 1.165) is 39.8 Å². The van der Waals surface area contributed by atoms with Crippen LogP contribution in [0.2, 0.25) is 0 Å². The maximum absolute atomic E-state index is 13.9. The average molecular weight is 622 g/mol. The largest absolute Gasteiger partial charge is 0.382 e. The second-order valence-electron chi connectivity index (χ2n) is 11.8. The van der Waals surface area contributed by atoms with Crippen LogP contribution in [0.1, 0.15) is 49.9 Å². The van der Waals surface area contributed by atoms with Crippen molar-refractivity contribution < 1.29 is 17.5 Å². The molecule has 1 saturated heterocycles. The monoisotopic (exact) mass is 621 g/mol. The standard InChI is InChI=1S/C30H36FN9O3S/c31-21-1-3-22(4-2-21)37-27-15-30(32,35-18-25(27)26-8-5-23(17-34-26)39-11-13-43-14-12-39)28-9-10-33-29(38-28)20-16-36-40(19-20)44(41,42)24-6-7-24/h5,8-10,15-19,21-22,24,35,37H,1-4,6-7,11-14,32H2. The van der Waals surface area contributed by atoms with E-state index in [1.165, 1.54) is 12.4 Å². The lowest BCUT2D eigenvalue weighted by Crippen LogP contribution is -2.50. The van der Waals surface area contributed by atoms with Crippen LogP contribution >= 0.6 is 0 Å². The average Bonchev–Trinajstić information content (AvgIpc) is 3.80. The van der Waals surface area contributed by atoms with Crippen LogP contribution in [0.3, 0.4) is 0 Å². The minimum Gasteiger partial charge on any atom is -0.382 e. The number of pyridine rings is 1. The molecule has 7 rings (SSSR count). The number of nitrogens with zero attached hydrogens (tertiary/aromatic N) is 6. The van der Waals surface area contributed by atoms with Gasteiger partial charge >= 0.3 is 0 Å². The molecule has 12 nitrogen and oxygen atoms in total. The van der Waals surface area contributed by atoms with Crippen LogP contribution in [0.15, 0.2) is 61.0 Å². The molecular formula is C30H36FN9O3S. The molecular weight excluding hydrogens is 585 g/mol. The van der Waals surface area contributed by atoms with Gasteiger partial charge in [-0.1, -0.05) is 0 Å². The number of aromatic nitrogens is 5. The Bertz CT molecular complexity index is 1680. The molecule has 4 N–H and O–H groups in total. The highest BCUT2D eigenvalue weighted by Gasteiger charge is 2.38. The number of dihydropyridines is 1. The van der Waals surface area contributed by atoms with E-state index >= 15 is 0 Å². The quantitative estimate of drug-likeness (QED) is 0.340. The zero-order valence-corrected chi connectivity index (χ0v) is 25.1. The first-order valence-electron chi connectivity index (χ1n) is 15.1. The molecule has 14 heteroatoms. The Morgan fingerprint density at radius 2 is 1.84 bits per heavy atom. The Kier molecular flexibility index (Phi) is 7.58. The first-order chi connectivity index (χ1) is 21.3.